The van der Waals surface area contributed by atoms with Crippen LogP contribution >= 0.6 is 34.9 Å². The summed E-state index contributed by atoms with van der Waals surface area (Å²) < 4.78 is 5.08. The van der Waals surface area contributed by atoms with Crippen molar-refractivity contribution in [2.45, 2.75) is 29.5 Å². The number of aromatic nitrogens is 2. The van der Waals surface area contributed by atoms with Crippen molar-refractivity contribution in [1.29, 1.82) is 0 Å². The molecular formula is C12H11ClN2OS2. The number of rotatable bonds is 4. The van der Waals surface area contributed by atoms with Crippen LogP contribution in [0.1, 0.15) is 30.0 Å². The lowest BCUT2D eigenvalue weighted by atomic mass is 10.1. The molecule has 3 nitrogen and oxygen atoms in total. The summed E-state index contributed by atoms with van der Waals surface area (Å²) in [4.78, 5) is 16.5. The van der Waals surface area contributed by atoms with Crippen LogP contribution in [0.15, 0.2) is 27.4 Å². The molecule has 0 aliphatic carbocycles. The minimum Gasteiger partial charge on any atom is -0.295 e. The zero-order valence-corrected chi connectivity index (χ0v) is 12.3. The van der Waals surface area contributed by atoms with Gasteiger partial charge in [-0.05, 0) is 30.6 Å². The Balaban J connectivity index is 2.21. The van der Waals surface area contributed by atoms with E-state index >= 15 is 0 Å². The number of ketones is 1. The second-order valence-electron chi connectivity index (χ2n) is 3.63. The van der Waals surface area contributed by atoms with Gasteiger partial charge in [-0.2, -0.15) is 4.37 Å². The number of halogens is 1. The maximum atomic E-state index is 11.2. The molecule has 0 aliphatic heterocycles. The molecule has 1 heterocycles. The zero-order valence-electron chi connectivity index (χ0n) is 9.94. The Morgan fingerprint density at radius 3 is 2.83 bits per heavy atom. The van der Waals surface area contributed by atoms with Crippen LogP contribution in [0.3, 0.4) is 0 Å². The molecule has 94 valence electrons. The van der Waals surface area contributed by atoms with Crippen molar-refractivity contribution in [3.8, 4) is 0 Å². The molecule has 0 atom stereocenters. The molecule has 0 saturated carbocycles. The summed E-state index contributed by atoms with van der Waals surface area (Å²) in [6, 6.07) is 5.31. The van der Waals surface area contributed by atoms with Gasteiger partial charge in [0.1, 0.15) is 5.82 Å². The van der Waals surface area contributed by atoms with Crippen LogP contribution < -0.4 is 0 Å². The van der Waals surface area contributed by atoms with E-state index in [1.807, 2.05) is 13.0 Å². The summed E-state index contributed by atoms with van der Waals surface area (Å²) >= 11 is 8.98. The van der Waals surface area contributed by atoms with Crippen molar-refractivity contribution in [3.63, 3.8) is 0 Å². The van der Waals surface area contributed by atoms with E-state index in [1.165, 1.54) is 30.2 Å². The minimum atomic E-state index is 0.0117. The third-order valence-corrected chi connectivity index (χ3v) is 4.59. The third kappa shape index (κ3) is 3.10. The number of carbonyl (C=O) groups excluding carboxylic acids is 1. The van der Waals surface area contributed by atoms with Crippen LogP contribution in [0.4, 0.5) is 0 Å². The number of nitrogens with zero attached hydrogens (tertiary/aromatic N) is 2. The van der Waals surface area contributed by atoms with E-state index in [-0.39, 0.29) is 5.78 Å². The van der Waals surface area contributed by atoms with E-state index in [0.717, 1.165) is 21.5 Å². The molecule has 1 aromatic carbocycles. The van der Waals surface area contributed by atoms with Crippen LogP contribution in [0, 0.1) is 0 Å². The first-order chi connectivity index (χ1) is 8.60. The summed E-state index contributed by atoms with van der Waals surface area (Å²) in [7, 11) is 0. The van der Waals surface area contributed by atoms with Crippen molar-refractivity contribution in [2.24, 2.45) is 0 Å². The molecule has 0 saturated heterocycles. The first kappa shape index (κ1) is 13.5. The monoisotopic (exact) mass is 298 g/mol. The van der Waals surface area contributed by atoms with Crippen molar-refractivity contribution < 1.29 is 4.79 Å². The standard InChI is InChI=1S/C12H11ClN2OS2/c1-3-11-14-12(18-15-11)17-10-5-4-8(7(2)16)6-9(10)13/h4-6H,3H2,1-2H3. The highest BCUT2D eigenvalue weighted by atomic mass is 35.5. The molecule has 0 spiro atoms. The van der Waals surface area contributed by atoms with Crippen LogP contribution in [-0.2, 0) is 6.42 Å². The first-order valence-corrected chi connectivity index (χ1v) is 7.38. The lowest BCUT2D eigenvalue weighted by Crippen LogP contribution is -1.91. The van der Waals surface area contributed by atoms with Crippen molar-refractivity contribution in [2.75, 3.05) is 0 Å². The number of carbonyl (C=O) groups is 1. The van der Waals surface area contributed by atoms with Gasteiger partial charge >= 0.3 is 0 Å². The predicted molar refractivity (Wildman–Crippen MR) is 74.9 cm³/mol. The zero-order chi connectivity index (χ0) is 13.1. The number of hydrogen-bond acceptors (Lipinski definition) is 5. The molecule has 2 rings (SSSR count). The lowest BCUT2D eigenvalue weighted by Gasteiger charge is -2.02. The minimum absolute atomic E-state index is 0.0117. The number of hydrogen-bond donors (Lipinski definition) is 0. The number of aryl methyl sites for hydroxylation is 1. The number of Topliss-reactive ketones (excluding diaryl/α,β-unsaturated/α-hetero) is 1. The fraction of sp³-hybridized carbons (Fsp3) is 0.250. The molecule has 0 fully saturated rings. The Morgan fingerprint density at radius 1 is 1.50 bits per heavy atom. The summed E-state index contributed by atoms with van der Waals surface area (Å²) in [6.07, 6.45) is 0.827. The molecule has 0 aliphatic rings. The van der Waals surface area contributed by atoms with Crippen LogP contribution in [0.2, 0.25) is 5.02 Å². The Labute approximate surface area is 119 Å². The molecule has 0 N–H and O–H groups in total. The molecule has 0 bridgehead atoms. The third-order valence-electron chi connectivity index (χ3n) is 2.30. The summed E-state index contributed by atoms with van der Waals surface area (Å²) in [6.45, 7) is 3.54. The first-order valence-electron chi connectivity index (χ1n) is 5.41. The molecule has 6 heteroatoms. The maximum Gasteiger partial charge on any atom is 0.174 e. The molecular weight excluding hydrogens is 288 g/mol. The fourth-order valence-electron chi connectivity index (χ4n) is 1.32. The highest BCUT2D eigenvalue weighted by Gasteiger charge is 2.09. The van der Waals surface area contributed by atoms with Crippen molar-refractivity contribution >= 4 is 40.7 Å². The Hall–Kier alpha value is -0.910. The highest BCUT2D eigenvalue weighted by Crippen LogP contribution is 2.34. The Kier molecular flexibility index (Phi) is 4.37. The second kappa shape index (κ2) is 5.82. The van der Waals surface area contributed by atoms with E-state index in [2.05, 4.69) is 9.36 Å². The summed E-state index contributed by atoms with van der Waals surface area (Å²) in [5, 5.41) is 0.570. The van der Waals surface area contributed by atoms with Crippen LogP contribution in [-0.4, -0.2) is 15.1 Å². The topological polar surface area (TPSA) is 42.9 Å². The maximum absolute atomic E-state index is 11.2. The molecule has 0 amide bonds. The average molecular weight is 299 g/mol. The van der Waals surface area contributed by atoms with Gasteiger partial charge in [-0.3, -0.25) is 4.79 Å². The molecule has 0 unspecified atom stereocenters. The van der Waals surface area contributed by atoms with Gasteiger partial charge in [0, 0.05) is 16.9 Å². The number of benzene rings is 1. The van der Waals surface area contributed by atoms with E-state index < -0.39 is 0 Å². The van der Waals surface area contributed by atoms with Gasteiger partial charge in [-0.25, -0.2) is 4.98 Å². The smallest absolute Gasteiger partial charge is 0.174 e. The van der Waals surface area contributed by atoms with Gasteiger partial charge < -0.3 is 0 Å². The van der Waals surface area contributed by atoms with Gasteiger partial charge in [0.2, 0.25) is 0 Å². The Morgan fingerprint density at radius 2 is 2.28 bits per heavy atom. The summed E-state index contributed by atoms with van der Waals surface area (Å²) in [5.41, 5.74) is 0.621. The van der Waals surface area contributed by atoms with Gasteiger partial charge in [0.05, 0.1) is 5.02 Å². The van der Waals surface area contributed by atoms with E-state index in [0.29, 0.717) is 10.6 Å². The molecule has 1 aromatic heterocycles. The molecule has 2 aromatic rings. The summed E-state index contributed by atoms with van der Waals surface area (Å²) in [5.74, 6) is 0.858. The normalized spacial score (nSPS) is 10.6. The van der Waals surface area contributed by atoms with Gasteiger partial charge in [-0.1, -0.05) is 36.4 Å². The molecule has 18 heavy (non-hydrogen) atoms. The molecule has 0 radical (unpaired) electrons. The quantitative estimate of drug-likeness (QED) is 0.797. The Bertz CT molecular complexity index is 583. The van der Waals surface area contributed by atoms with Gasteiger partial charge in [0.15, 0.2) is 10.1 Å². The van der Waals surface area contributed by atoms with E-state index in [1.54, 1.807) is 12.1 Å². The van der Waals surface area contributed by atoms with Crippen LogP contribution in [0.25, 0.3) is 0 Å². The van der Waals surface area contributed by atoms with Crippen molar-refractivity contribution in [3.05, 3.63) is 34.6 Å². The average Bonchev–Trinajstić information content (AvgIpc) is 2.79. The SMILES string of the molecule is CCc1nsc(Sc2ccc(C(C)=O)cc2Cl)n1. The van der Waals surface area contributed by atoms with E-state index in [4.69, 9.17) is 11.6 Å². The fourth-order valence-corrected chi connectivity index (χ4v) is 3.28. The van der Waals surface area contributed by atoms with Gasteiger partial charge in [0.25, 0.3) is 0 Å². The highest BCUT2D eigenvalue weighted by molar-refractivity contribution is 8.01. The van der Waals surface area contributed by atoms with Crippen molar-refractivity contribution in [1.82, 2.24) is 9.36 Å². The lowest BCUT2D eigenvalue weighted by molar-refractivity contribution is 0.101. The second-order valence-corrected chi connectivity index (χ2v) is 6.08. The predicted octanol–water partition coefficient (Wildman–Crippen LogP) is 4.11. The van der Waals surface area contributed by atoms with Crippen LogP contribution in [0.5, 0.6) is 0 Å². The largest absolute Gasteiger partial charge is 0.295 e. The van der Waals surface area contributed by atoms with E-state index in [9.17, 15) is 4.79 Å². The van der Waals surface area contributed by atoms with Gasteiger partial charge in [-0.15, -0.1) is 0 Å².